The fraction of sp³-hybridized carbons (Fsp3) is 0.0762. The highest BCUT2D eigenvalue weighted by Crippen LogP contribution is 2.48. The Morgan fingerprint density at radius 1 is 0.289 bits per heavy atom. The Balaban J connectivity index is 0.0000000974. The smallest absolute Gasteiger partial charge is 0.197 e. The van der Waals surface area contributed by atoms with Gasteiger partial charge in [-0.2, -0.15) is 0 Å². The number of hydrogen-bond acceptors (Lipinski definition) is 8. The molecule has 0 spiro atoms. The fourth-order valence-corrected chi connectivity index (χ4v) is 16.6. The molecule has 554 valence electrons. The van der Waals surface area contributed by atoms with Crippen LogP contribution in [-0.2, 0) is 37.5 Å². The maximum absolute atomic E-state index is 12.1. The van der Waals surface area contributed by atoms with E-state index >= 15 is 0 Å². The molecule has 0 bridgehead atoms. The molecule has 0 fully saturated rings. The number of fused-ring (bicyclic) bond motifs is 15. The van der Waals surface area contributed by atoms with Crippen LogP contribution in [0, 0.1) is 0 Å². The first-order valence-corrected chi connectivity index (χ1v) is 39.7. The number of benzene rings is 16. The van der Waals surface area contributed by atoms with E-state index in [1.807, 2.05) is 133 Å². The summed E-state index contributed by atoms with van der Waals surface area (Å²) in [6.45, 7) is 4.57. The summed E-state index contributed by atoms with van der Waals surface area (Å²) < 4.78 is 17.1. The molecule has 23 rings (SSSR count). The molecule has 16 aromatic carbocycles. The standard InChI is InChI=1S/C25H19N.C15H15N.C14H13N.C13H9NO.C13H10O.C13H10S.C12H8O2/c1-3-10-21(11-4-1)26(22-12-5-2-6-13-22)23-16-15-20-17-19-9-7-8-14-24(19)25(20)18-23;1-15(2)11-7-3-5-9-13(11)16-14-10-6-4-8-12(14)15;1-3-7-13-11(5-1)9-10-12-6-2-4-8-14(12)15-13;15-13-9-5-1-3-7-11(9)14-12-8-4-2-6-10(12)13;2*1-3-7-12-10(5-1)9-11-6-2-4-8-13(11)14-12;1-2-6-10-9(5-1)13-11-7-3-4-8-12(11)14-10/h1-16,18H,17H2;3-10,16H,1-2H3;1-8,15H,9-10H2;1-8H,(H,14,15);2*1-8H,9H2;1-8H. The van der Waals surface area contributed by atoms with Crippen LogP contribution in [0.1, 0.15) is 69.5 Å². The van der Waals surface area contributed by atoms with Gasteiger partial charge in [-0.05, 0) is 226 Å². The predicted octanol–water partition coefficient (Wildman–Crippen LogP) is 27.7. The molecule has 1 aliphatic carbocycles. The summed E-state index contributed by atoms with van der Waals surface area (Å²) >= 11 is 1.88. The molecule has 0 amide bonds. The van der Waals surface area contributed by atoms with Crippen molar-refractivity contribution in [1.29, 1.82) is 0 Å². The van der Waals surface area contributed by atoms with E-state index in [1.54, 1.807) is 0 Å². The van der Waals surface area contributed by atoms with Gasteiger partial charge >= 0.3 is 0 Å². The van der Waals surface area contributed by atoms with Gasteiger partial charge < -0.3 is 34.7 Å². The highest BCUT2D eigenvalue weighted by Gasteiger charge is 2.32. The Morgan fingerprint density at radius 3 is 1.13 bits per heavy atom. The number of H-pyrrole nitrogens is 1. The average Bonchev–Trinajstić information content (AvgIpc) is 0.838. The summed E-state index contributed by atoms with van der Waals surface area (Å²) in [5.41, 5.74) is 27.0. The minimum Gasteiger partial charge on any atom is -0.457 e. The van der Waals surface area contributed by atoms with E-state index in [9.17, 15) is 4.79 Å². The van der Waals surface area contributed by atoms with E-state index in [-0.39, 0.29) is 10.8 Å². The van der Waals surface area contributed by atoms with Crippen LogP contribution in [0.3, 0.4) is 0 Å². The van der Waals surface area contributed by atoms with Crippen molar-refractivity contribution in [3.05, 3.63) is 460 Å². The van der Waals surface area contributed by atoms with Crippen molar-refractivity contribution in [2.75, 3.05) is 15.5 Å². The van der Waals surface area contributed by atoms with Gasteiger partial charge in [-0.25, -0.2) is 0 Å². The van der Waals surface area contributed by atoms with Gasteiger partial charge in [-0.1, -0.05) is 286 Å². The molecule has 0 saturated carbocycles. The second kappa shape index (κ2) is 33.8. The largest absolute Gasteiger partial charge is 0.457 e. The van der Waals surface area contributed by atoms with Crippen LogP contribution < -0.4 is 35.2 Å². The number of pyridine rings is 1. The van der Waals surface area contributed by atoms with Crippen LogP contribution in [0.25, 0.3) is 32.9 Å². The van der Waals surface area contributed by atoms with Gasteiger partial charge in [-0.3, -0.25) is 4.79 Å². The summed E-state index contributed by atoms with van der Waals surface area (Å²) in [5.74, 6) is 5.06. The Hall–Kier alpha value is -13.9. The Morgan fingerprint density at radius 2 is 0.632 bits per heavy atom. The molecule has 5 aliphatic heterocycles. The monoisotopic (exact) mass is 1500 g/mol. The molecule has 17 aromatic rings. The highest BCUT2D eigenvalue weighted by atomic mass is 32.2. The highest BCUT2D eigenvalue weighted by molar-refractivity contribution is 7.99. The van der Waals surface area contributed by atoms with Crippen molar-refractivity contribution in [3.63, 3.8) is 0 Å². The van der Waals surface area contributed by atoms with Gasteiger partial charge in [0.15, 0.2) is 28.4 Å². The summed E-state index contributed by atoms with van der Waals surface area (Å²) in [6.07, 6.45) is 5.34. The van der Waals surface area contributed by atoms with Crippen molar-refractivity contribution in [3.8, 4) is 45.6 Å². The van der Waals surface area contributed by atoms with E-state index in [2.05, 4.69) is 307 Å². The molecule has 0 atom stereocenters. The van der Waals surface area contributed by atoms with Crippen LogP contribution in [-0.4, -0.2) is 4.98 Å². The minimum absolute atomic E-state index is 0.0818. The fourth-order valence-electron chi connectivity index (χ4n) is 15.5. The van der Waals surface area contributed by atoms with Gasteiger partial charge in [0.05, 0.1) is 0 Å². The lowest BCUT2D eigenvalue weighted by Crippen LogP contribution is -2.25. The molecule has 9 heteroatoms. The summed E-state index contributed by atoms with van der Waals surface area (Å²) in [7, 11) is 0. The van der Waals surface area contributed by atoms with E-state index in [1.165, 1.54) is 116 Å². The number of para-hydroxylation sites is 14. The van der Waals surface area contributed by atoms with E-state index in [4.69, 9.17) is 14.2 Å². The van der Waals surface area contributed by atoms with Crippen LogP contribution in [0.15, 0.2) is 409 Å². The number of ether oxygens (including phenoxy) is 3. The van der Waals surface area contributed by atoms with Crippen LogP contribution in [0.2, 0.25) is 0 Å². The van der Waals surface area contributed by atoms with Crippen molar-refractivity contribution < 1.29 is 14.2 Å². The Bertz CT molecular complexity index is 5670. The first kappa shape index (κ1) is 73.0. The number of rotatable bonds is 3. The second-order valence-electron chi connectivity index (χ2n) is 29.1. The zero-order valence-electron chi connectivity index (χ0n) is 63.6. The van der Waals surface area contributed by atoms with E-state index in [0.717, 1.165) is 88.4 Å². The molecule has 3 N–H and O–H groups in total. The molecule has 114 heavy (non-hydrogen) atoms. The van der Waals surface area contributed by atoms with E-state index in [0.29, 0.717) is 0 Å². The molecule has 8 nitrogen and oxygen atoms in total. The topological polar surface area (TPSA) is 87.9 Å². The number of hydrogen-bond donors (Lipinski definition) is 3. The molecule has 6 heterocycles. The van der Waals surface area contributed by atoms with Gasteiger partial charge in [0, 0.05) is 83.2 Å². The summed E-state index contributed by atoms with van der Waals surface area (Å²) in [6, 6.07) is 135. The quantitative estimate of drug-likeness (QED) is 0.151. The molecule has 0 unspecified atom stereocenters. The number of aromatic nitrogens is 1. The van der Waals surface area contributed by atoms with Crippen molar-refractivity contribution in [1.82, 2.24) is 4.98 Å². The first-order chi connectivity index (χ1) is 56.2. The number of aryl methyl sites for hydroxylation is 2. The first-order valence-electron chi connectivity index (χ1n) is 38.9. The lowest BCUT2D eigenvalue weighted by Gasteiger charge is -2.35. The van der Waals surface area contributed by atoms with Crippen LogP contribution in [0.4, 0.5) is 39.8 Å². The molecule has 6 aliphatic rings. The maximum atomic E-state index is 12.1. The van der Waals surface area contributed by atoms with Crippen molar-refractivity contribution >= 4 is 73.4 Å². The normalized spacial score (nSPS) is 12.7. The van der Waals surface area contributed by atoms with Gasteiger partial charge in [0.2, 0.25) is 0 Å². The maximum Gasteiger partial charge on any atom is 0.197 e. The minimum atomic E-state index is 0.0818. The zero-order chi connectivity index (χ0) is 77.0. The second-order valence-corrected chi connectivity index (χ2v) is 30.2. The Labute approximate surface area is 670 Å². The molecule has 0 radical (unpaired) electrons. The lowest BCUT2D eigenvalue weighted by molar-refractivity contribution is 0.359. The van der Waals surface area contributed by atoms with E-state index < -0.39 is 0 Å². The van der Waals surface area contributed by atoms with Crippen molar-refractivity contribution in [2.45, 2.75) is 61.2 Å². The van der Waals surface area contributed by atoms with Crippen LogP contribution in [0.5, 0.6) is 34.5 Å². The summed E-state index contributed by atoms with van der Waals surface area (Å²) in [5, 5.41) is 8.49. The summed E-state index contributed by atoms with van der Waals surface area (Å²) in [4.78, 5) is 20.5. The predicted molar refractivity (Wildman–Crippen MR) is 472 cm³/mol. The average molecular weight is 1500 g/mol. The third-order valence-corrected chi connectivity index (χ3v) is 22.6. The van der Waals surface area contributed by atoms with Gasteiger partial charge in [0.1, 0.15) is 11.5 Å². The third kappa shape index (κ3) is 16.2. The third-order valence-electron chi connectivity index (χ3n) is 21.3. The number of aromatic amines is 1. The Kier molecular flexibility index (Phi) is 21.6. The number of nitrogens with one attached hydrogen (secondary N) is 3. The number of anilines is 7. The lowest BCUT2D eigenvalue weighted by atomic mass is 9.74. The molecular formula is C105H84N4O4S. The van der Waals surface area contributed by atoms with Gasteiger partial charge in [0.25, 0.3) is 0 Å². The zero-order valence-corrected chi connectivity index (χ0v) is 64.4. The van der Waals surface area contributed by atoms with Crippen LogP contribution >= 0.6 is 11.8 Å². The molecular weight excluding hydrogens is 1410 g/mol. The number of nitrogens with zero attached hydrogens (tertiary/aromatic N) is 1. The van der Waals surface area contributed by atoms with Gasteiger partial charge in [-0.15, -0.1) is 0 Å². The van der Waals surface area contributed by atoms with Crippen molar-refractivity contribution in [2.24, 2.45) is 0 Å². The SMILES string of the molecule is CC1(C)c2ccccc2Nc2ccccc21.O=c1c2ccccc2[nH]c2ccccc12.c1ccc(N(c2ccccc2)c2ccc3c(c2)-c2ccccc2C3)cc1.c1ccc2c(c1)CCc1ccccc1N2.c1ccc2c(c1)Cc1ccccc1O2.c1ccc2c(c1)Cc1ccccc1S2.c1ccc2c(c1)Oc1ccccc1O2. The molecule has 1 aromatic heterocycles. The molecule has 0 saturated heterocycles.